The first-order valence-corrected chi connectivity index (χ1v) is 11.5. The molecule has 0 bridgehead atoms. The van der Waals surface area contributed by atoms with Gasteiger partial charge in [0.05, 0.1) is 6.10 Å². The summed E-state index contributed by atoms with van der Waals surface area (Å²) in [6, 6.07) is 18.7. The monoisotopic (exact) mass is 437 g/mol. The van der Waals surface area contributed by atoms with Gasteiger partial charge in [-0.05, 0) is 55.9 Å². The third kappa shape index (κ3) is 4.86. The fraction of sp³-hybridized carbons (Fsp3) is 0.360. The zero-order valence-electron chi connectivity index (χ0n) is 17.5. The SMILES string of the molecule is CC(=O)[C@@H]1C/C(=C\Sc2ccccc2)CCCN2C(=O)[C@H](Oc3ccccc3)[C@@H]2[C@@H]1O. The van der Waals surface area contributed by atoms with Crippen LogP contribution in [0, 0.1) is 5.92 Å². The number of benzene rings is 2. The van der Waals surface area contributed by atoms with Crippen molar-refractivity contribution in [2.75, 3.05) is 6.54 Å². The molecule has 2 aromatic rings. The average molecular weight is 438 g/mol. The molecule has 1 amide bonds. The van der Waals surface area contributed by atoms with Crippen LogP contribution in [0.3, 0.4) is 0 Å². The summed E-state index contributed by atoms with van der Waals surface area (Å²) in [5.41, 5.74) is 1.13. The minimum Gasteiger partial charge on any atom is -0.478 e. The molecule has 2 aliphatic rings. The van der Waals surface area contributed by atoms with E-state index >= 15 is 0 Å². The summed E-state index contributed by atoms with van der Waals surface area (Å²) in [4.78, 5) is 28.1. The number of hydrogen-bond acceptors (Lipinski definition) is 5. The smallest absolute Gasteiger partial charge is 0.266 e. The van der Waals surface area contributed by atoms with E-state index < -0.39 is 24.2 Å². The predicted octanol–water partition coefficient (Wildman–Crippen LogP) is 4.07. The summed E-state index contributed by atoms with van der Waals surface area (Å²) in [5, 5.41) is 13.3. The Bertz CT molecular complexity index is 947. The lowest BCUT2D eigenvalue weighted by Crippen LogP contribution is -2.72. The molecule has 162 valence electrons. The van der Waals surface area contributed by atoms with Crippen LogP contribution >= 0.6 is 11.8 Å². The van der Waals surface area contributed by atoms with Gasteiger partial charge in [-0.2, -0.15) is 0 Å². The van der Waals surface area contributed by atoms with Gasteiger partial charge in [-0.15, -0.1) is 0 Å². The number of nitrogens with zero attached hydrogens (tertiary/aromatic N) is 1. The molecule has 0 aromatic heterocycles. The van der Waals surface area contributed by atoms with Crippen molar-refractivity contribution in [2.45, 2.75) is 49.3 Å². The number of carbonyl (C=O) groups is 2. The minimum atomic E-state index is -0.966. The fourth-order valence-electron chi connectivity index (χ4n) is 4.29. The number of hydrogen-bond donors (Lipinski definition) is 1. The zero-order valence-corrected chi connectivity index (χ0v) is 18.3. The molecule has 0 unspecified atom stereocenters. The molecule has 2 fully saturated rings. The van der Waals surface area contributed by atoms with E-state index in [1.807, 2.05) is 48.5 Å². The molecular weight excluding hydrogens is 410 g/mol. The van der Waals surface area contributed by atoms with E-state index in [0.29, 0.717) is 18.7 Å². The maximum absolute atomic E-state index is 12.8. The number of para-hydroxylation sites is 1. The number of carbonyl (C=O) groups excluding carboxylic acids is 2. The minimum absolute atomic E-state index is 0.0669. The second kappa shape index (κ2) is 9.71. The molecule has 0 spiro atoms. The topological polar surface area (TPSA) is 66.8 Å². The zero-order chi connectivity index (χ0) is 21.8. The number of ether oxygens (including phenoxy) is 1. The van der Waals surface area contributed by atoms with E-state index in [4.69, 9.17) is 4.74 Å². The van der Waals surface area contributed by atoms with Crippen molar-refractivity contribution in [2.24, 2.45) is 5.92 Å². The Morgan fingerprint density at radius 2 is 1.81 bits per heavy atom. The number of aliphatic hydroxyl groups excluding tert-OH is 1. The molecule has 0 aliphatic carbocycles. The van der Waals surface area contributed by atoms with E-state index in [0.717, 1.165) is 23.3 Å². The van der Waals surface area contributed by atoms with Gasteiger partial charge < -0.3 is 14.7 Å². The van der Waals surface area contributed by atoms with Gasteiger partial charge in [0.2, 0.25) is 0 Å². The molecule has 6 heteroatoms. The number of ketones is 1. The summed E-state index contributed by atoms with van der Waals surface area (Å²) < 4.78 is 5.92. The molecule has 31 heavy (non-hydrogen) atoms. The highest BCUT2D eigenvalue weighted by molar-refractivity contribution is 8.02. The standard InChI is InChI=1S/C25H27NO4S/c1-17(27)21-15-18(16-31-20-12-6-3-7-13-20)9-8-14-26-22(23(21)28)24(25(26)29)30-19-10-4-2-5-11-19/h2-7,10-13,16,21-24,28H,8-9,14-15H2,1H3/b18-16-/t21-,22-,23+,24+/m0/s1. The largest absolute Gasteiger partial charge is 0.478 e. The van der Waals surface area contributed by atoms with Crippen molar-refractivity contribution >= 4 is 23.5 Å². The Kier molecular flexibility index (Phi) is 6.78. The Morgan fingerprint density at radius 1 is 1.13 bits per heavy atom. The number of β-lactam (4-membered cyclic amide) rings is 1. The molecule has 2 heterocycles. The highest BCUT2D eigenvalue weighted by Crippen LogP contribution is 2.36. The first-order chi connectivity index (χ1) is 15.0. The molecule has 1 N–H and O–H groups in total. The maximum Gasteiger partial charge on any atom is 0.266 e. The van der Waals surface area contributed by atoms with Crippen LogP contribution in [0.25, 0.3) is 0 Å². The van der Waals surface area contributed by atoms with Crippen molar-refractivity contribution in [3.05, 3.63) is 71.6 Å². The first kappa shape index (κ1) is 21.7. The van der Waals surface area contributed by atoms with Crippen LogP contribution in [0.1, 0.15) is 26.2 Å². The number of fused-ring (bicyclic) bond motifs is 1. The van der Waals surface area contributed by atoms with Crippen molar-refractivity contribution in [3.8, 4) is 5.75 Å². The van der Waals surface area contributed by atoms with Gasteiger partial charge in [0.1, 0.15) is 17.6 Å². The number of amides is 1. The molecule has 2 aromatic carbocycles. The van der Waals surface area contributed by atoms with Gasteiger partial charge in [0.25, 0.3) is 5.91 Å². The number of thioether (sulfide) groups is 1. The fourth-order valence-corrected chi connectivity index (χ4v) is 5.12. The summed E-state index contributed by atoms with van der Waals surface area (Å²) >= 11 is 1.62. The van der Waals surface area contributed by atoms with E-state index in [-0.39, 0.29) is 11.7 Å². The van der Waals surface area contributed by atoms with Gasteiger partial charge in [-0.1, -0.05) is 53.7 Å². The summed E-state index contributed by atoms with van der Waals surface area (Å²) in [5.74, 6) is -0.168. The molecule has 2 saturated heterocycles. The van der Waals surface area contributed by atoms with Crippen LogP contribution in [-0.4, -0.2) is 46.5 Å². The highest BCUT2D eigenvalue weighted by Gasteiger charge is 2.55. The van der Waals surface area contributed by atoms with Crippen LogP contribution < -0.4 is 4.74 Å². The van der Waals surface area contributed by atoms with E-state index in [1.54, 1.807) is 28.8 Å². The first-order valence-electron chi connectivity index (χ1n) is 10.6. The predicted molar refractivity (Wildman–Crippen MR) is 121 cm³/mol. The van der Waals surface area contributed by atoms with E-state index in [9.17, 15) is 14.7 Å². The maximum atomic E-state index is 12.8. The Labute approximate surface area is 187 Å². The van der Waals surface area contributed by atoms with Gasteiger partial charge in [0, 0.05) is 17.4 Å². The summed E-state index contributed by atoms with van der Waals surface area (Å²) in [7, 11) is 0. The van der Waals surface area contributed by atoms with Crippen molar-refractivity contribution < 1.29 is 19.4 Å². The molecular formula is C25H27NO4S. The lowest BCUT2D eigenvalue weighted by molar-refractivity contribution is -0.176. The molecule has 0 radical (unpaired) electrons. The lowest BCUT2D eigenvalue weighted by Gasteiger charge is -2.49. The second-order valence-corrected chi connectivity index (χ2v) is 9.04. The van der Waals surface area contributed by atoms with Crippen LogP contribution in [-0.2, 0) is 9.59 Å². The Balaban J connectivity index is 1.54. The highest BCUT2D eigenvalue weighted by atomic mass is 32.2. The van der Waals surface area contributed by atoms with Crippen molar-refractivity contribution in [3.63, 3.8) is 0 Å². The molecule has 4 rings (SSSR count). The number of rotatable bonds is 5. The Morgan fingerprint density at radius 3 is 2.48 bits per heavy atom. The summed E-state index contributed by atoms with van der Waals surface area (Å²) in [6.07, 6.45) is 0.346. The summed E-state index contributed by atoms with van der Waals surface area (Å²) in [6.45, 7) is 2.07. The number of Topliss-reactive ketones (excluding diaryl/α,β-unsaturated/α-hetero) is 1. The molecule has 4 atom stereocenters. The Hall–Kier alpha value is -2.57. The van der Waals surface area contributed by atoms with Gasteiger partial charge in [-0.25, -0.2) is 0 Å². The van der Waals surface area contributed by atoms with Crippen LogP contribution in [0.5, 0.6) is 5.75 Å². The third-order valence-electron chi connectivity index (χ3n) is 5.97. The van der Waals surface area contributed by atoms with Crippen molar-refractivity contribution in [1.29, 1.82) is 0 Å². The normalized spacial score (nSPS) is 27.5. The quantitative estimate of drug-likeness (QED) is 0.564. The third-order valence-corrected chi connectivity index (χ3v) is 6.97. The van der Waals surface area contributed by atoms with Crippen LogP contribution in [0.4, 0.5) is 0 Å². The number of allylic oxidation sites excluding steroid dienone is 1. The van der Waals surface area contributed by atoms with E-state index in [1.165, 1.54) is 6.92 Å². The average Bonchev–Trinajstić information content (AvgIpc) is 2.84. The van der Waals surface area contributed by atoms with Gasteiger partial charge >= 0.3 is 0 Å². The van der Waals surface area contributed by atoms with E-state index in [2.05, 4.69) is 5.41 Å². The molecule has 2 aliphatic heterocycles. The molecule has 5 nitrogen and oxygen atoms in total. The lowest BCUT2D eigenvalue weighted by atomic mass is 9.81. The van der Waals surface area contributed by atoms with Crippen LogP contribution in [0.2, 0.25) is 0 Å². The van der Waals surface area contributed by atoms with Crippen LogP contribution in [0.15, 0.2) is 76.5 Å². The van der Waals surface area contributed by atoms with Gasteiger partial charge in [0.15, 0.2) is 6.10 Å². The van der Waals surface area contributed by atoms with Gasteiger partial charge in [-0.3, -0.25) is 9.59 Å². The second-order valence-electron chi connectivity index (χ2n) is 8.10. The number of aliphatic hydroxyl groups is 1. The molecule has 0 saturated carbocycles. The van der Waals surface area contributed by atoms with Crippen molar-refractivity contribution in [1.82, 2.24) is 4.90 Å².